The smallest absolute Gasteiger partial charge is 0.264 e. The van der Waals surface area contributed by atoms with Crippen LogP contribution < -0.4 is 9.62 Å². The van der Waals surface area contributed by atoms with Gasteiger partial charge in [0.1, 0.15) is 5.82 Å². The van der Waals surface area contributed by atoms with Crippen LogP contribution in [0.1, 0.15) is 34.3 Å². The SMILES string of the molecule is CN1CCC2(CC1)CN(S(=O)(=O)c1ccc(C(=O)NCc3ccc(F)cc3)cc1)c1ccccc12. The van der Waals surface area contributed by atoms with Crippen molar-refractivity contribution < 1.29 is 17.6 Å². The van der Waals surface area contributed by atoms with Gasteiger partial charge in [0, 0.05) is 24.1 Å². The third kappa shape index (κ3) is 4.44. The molecule has 5 rings (SSSR count). The van der Waals surface area contributed by atoms with Crippen molar-refractivity contribution in [1.29, 1.82) is 0 Å². The van der Waals surface area contributed by atoms with Gasteiger partial charge in [-0.2, -0.15) is 0 Å². The average molecular weight is 494 g/mol. The molecule has 3 aromatic rings. The summed E-state index contributed by atoms with van der Waals surface area (Å²) in [7, 11) is -1.69. The number of piperidine rings is 1. The van der Waals surface area contributed by atoms with Crippen molar-refractivity contribution in [3.05, 3.63) is 95.3 Å². The Bertz CT molecular complexity index is 1330. The van der Waals surface area contributed by atoms with Crippen LogP contribution in [0.25, 0.3) is 0 Å². The number of likely N-dealkylation sites (tertiary alicyclic amines) is 1. The van der Waals surface area contributed by atoms with Crippen molar-refractivity contribution in [1.82, 2.24) is 10.2 Å². The Labute approximate surface area is 205 Å². The summed E-state index contributed by atoms with van der Waals surface area (Å²) < 4.78 is 42.0. The molecule has 0 unspecified atom stereocenters. The number of sulfonamides is 1. The highest BCUT2D eigenvalue weighted by molar-refractivity contribution is 7.92. The molecule has 2 aliphatic rings. The summed E-state index contributed by atoms with van der Waals surface area (Å²) in [6.07, 6.45) is 1.83. The van der Waals surface area contributed by atoms with E-state index in [1.165, 1.54) is 40.7 Å². The Morgan fingerprint density at radius 1 is 0.971 bits per heavy atom. The molecule has 1 spiro atoms. The van der Waals surface area contributed by atoms with Gasteiger partial charge in [-0.25, -0.2) is 12.8 Å². The van der Waals surface area contributed by atoms with E-state index in [1.54, 1.807) is 12.1 Å². The largest absolute Gasteiger partial charge is 0.348 e. The van der Waals surface area contributed by atoms with Crippen molar-refractivity contribution in [2.45, 2.75) is 29.7 Å². The van der Waals surface area contributed by atoms with Gasteiger partial charge in [-0.15, -0.1) is 0 Å². The van der Waals surface area contributed by atoms with Gasteiger partial charge in [-0.05, 0) is 86.6 Å². The number of nitrogens with zero attached hydrogens (tertiary/aromatic N) is 2. The molecule has 0 radical (unpaired) electrons. The third-order valence-electron chi connectivity index (χ3n) is 7.21. The molecular weight excluding hydrogens is 465 g/mol. The Morgan fingerprint density at radius 2 is 1.63 bits per heavy atom. The second-order valence-electron chi connectivity index (χ2n) is 9.45. The summed E-state index contributed by atoms with van der Waals surface area (Å²) >= 11 is 0. The lowest BCUT2D eigenvalue weighted by Gasteiger charge is -2.38. The Morgan fingerprint density at radius 3 is 2.31 bits per heavy atom. The number of fused-ring (bicyclic) bond motifs is 2. The van der Waals surface area contributed by atoms with Gasteiger partial charge in [0.05, 0.1) is 10.6 Å². The van der Waals surface area contributed by atoms with E-state index in [9.17, 15) is 17.6 Å². The molecule has 0 saturated carbocycles. The van der Waals surface area contributed by atoms with Crippen molar-refractivity contribution in [2.24, 2.45) is 0 Å². The first kappa shape index (κ1) is 23.5. The molecule has 1 saturated heterocycles. The van der Waals surface area contributed by atoms with E-state index in [2.05, 4.69) is 23.3 Å². The highest BCUT2D eigenvalue weighted by Crippen LogP contribution is 2.48. The molecule has 3 aromatic carbocycles. The molecule has 6 nitrogen and oxygen atoms in total. The van der Waals surface area contributed by atoms with Gasteiger partial charge in [-0.3, -0.25) is 9.10 Å². The number of anilines is 1. The van der Waals surface area contributed by atoms with Crippen molar-refractivity contribution in [3.63, 3.8) is 0 Å². The highest BCUT2D eigenvalue weighted by atomic mass is 32.2. The van der Waals surface area contributed by atoms with E-state index in [0.717, 1.165) is 42.7 Å². The number of nitrogens with one attached hydrogen (secondary N) is 1. The van der Waals surface area contributed by atoms with Gasteiger partial charge in [0.15, 0.2) is 0 Å². The summed E-state index contributed by atoms with van der Waals surface area (Å²) in [5.74, 6) is -0.658. The van der Waals surface area contributed by atoms with Gasteiger partial charge in [0.2, 0.25) is 0 Å². The monoisotopic (exact) mass is 493 g/mol. The number of benzene rings is 3. The Kier molecular flexibility index (Phi) is 6.11. The van der Waals surface area contributed by atoms with E-state index >= 15 is 0 Å². The zero-order valence-electron chi connectivity index (χ0n) is 19.6. The lowest BCUT2D eigenvalue weighted by molar-refractivity contribution is 0.0951. The topological polar surface area (TPSA) is 69.7 Å². The highest BCUT2D eigenvalue weighted by Gasteiger charge is 2.47. The number of para-hydroxylation sites is 1. The van der Waals surface area contributed by atoms with Crippen molar-refractivity contribution >= 4 is 21.6 Å². The molecule has 8 heteroatoms. The predicted molar refractivity (Wildman–Crippen MR) is 133 cm³/mol. The molecule has 1 fully saturated rings. The molecular formula is C27H28FN3O3S. The molecule has 2 aliphatic heterocycles. The van der Waals surface area contributed by atoms with Crippen LogP contribution in [0.2, 0.25) is 0 Å². The van der Waals surface area contributed by atoms with Crippen LogP contribution >= 0.6 is 0 Å². The minimum absolute atomic E-state index is 0.160. The van der Waals surface area contributed by atoms with Crippen LogP contribution in [0.4, 0.5) is 10.1 Å². The van der Waals surface area contributed by atoms with Crippen LogP contribution in [-0.2, 0) is 22.0 Å². The quantitative estimate of drug-likeness (QED) is 0.585. The minimum Gasteiger partial charge on any atom is -0.348 e. The molecule has 0 aliphatic carbocycles. The number of rotatable bonds is 5. The van der Waals surface area contributed by atoms with E-state index < -0.39 is 10.0 Å². The second kappa shape index (κ2) is 9.09. The molecule has 1 amide bonds. The maximum atomic E-state index is 13.7. The fraction of sp³-hybridized carbons (Fsp3) is 0.296. The van der Waals surface area contributed by atoms with Crippen LogP contribution in [0.5, 0.6) is 0 Å². The molecule has 0 atom stereocenters. The zero-order chi connectivity index (χ0) is 24.6. The first-order chi connectivity index (χ1) is 16.8. The first-order valence-electron chi connectivity index (χ1n) is 11.7. The molecule has 2 heterocycles. The molecule has 182 valence electrons. The van der Waals surface area contributed by atoms with Gasteiger partial charge in [-0.1, -0.05) is 30.3 Å². The fourth-order valence-corrected chi connectivity index (χ4v) is 6.64. The maximum Gasteiger partial charge on any atom is 0.264 e. The number of hydrogen-bond donors (Lipinski definition) is 1. The number of carbonyl (C=O) groups excluding carboxylic acids is 1. The molecule has 0 aromatic heterocycles. The standard InChI is InChI=1S/C27H28FN3O3S/c1-30-16-14-27(15-17-30)19-31(25-5-3-2-4-24(25)27)35(33,34)23-12-8-21(9-13-23)26(32)29-18-20-6-10-22(28)11-7-20/h2-13H,14-19H2,1H3,(H,29,32). The van der Waals surface area contributed by atoms with Gasteiger partial charge < -0.3 is 10.2 Å². The van der Waals surface area contributed by atoms with Gasteiger partial charge >= 0.3 is 0 Å². The second-order valence-corrected chi connectivity index (χ2v) is 11.3. The third-order valence-corrected chi connectivity index (χ3v) is 8.98. The predicted octanol–water partition coefficient (Wildman–Crippen LogP) is 3.93. The van der Waals surface area contributed by atoms with Crippen LogP contribution in [-0.4, -0.2) is 45.9 Å². The molecule has 35 heavy (non-hydrogen) atoms. The van der Waals surface area contributed by atoms with E-state index in [1.807, 2.05) is 18.2 Å². The first-order valence-corrected chi connectivity index (χ1v) is 13.2. The summed E-state index contributed by atoms with van der Waals surface area (Å²) in [5, 5.41) is 2.78. The summed E-state index contributed by atoms with van der Waals surface area (Å²) in [6.45, 7) is 2.55. The zero-order valence-corrected chi connectivity index (χ0v) is 20.4. The molecule has 0 bridgehead atoms. The van der Waals surface area contributed by atoms with Crippen LogP contribution in [0.3, 0.4) is 0 Å². The lowest BCUT2D eigenvalue weighted by atomic mass is 9.74. The number of carbonyl (C=O) groups is 1. The average Bonchev–Trinajstić information content (AvgIpc) is 3.20. The maximum absolute atomic E-state index is 13.7. The normalized spacial score (nSPS) is 17.4. The van der Waals surface area contributed by atoms with Crippen molar-refractivity contribution in [3.8, 4) is 0 Å². The number of amides is 1. The van der Waals surface area contributed by atoms with E-state index in [0.29, 0.717) is 12.1 Å². The Balaban J connectivity index is 1.34. The van der Waals surface area contributed by atoms with E-state index in [4.69, 9.17) is 0 Å². The number of halogens is 1. The minimum atomic E-state index is -3.79. The van der Waals surface area contributed by atoms with Crippen molar-refractivity contribution in [2.75, 3.05) is 31.0 Å². The Hall–Kier alpha value is -3.23. The van der Waals surface area contributed by atoms with E-state index in [-0.39, 0.29) is 28.6 Å². The summed E-state index contributed by atoms with van der Waals surface area (Å²) in [4.78, 5) is 15.0. The lowest BCUT2D eigenvalue weighted by Crippen LogP contribution is -2.44. The number of hydrogen-bond acceptors (Lipinski definition) is 4. The van der Waals surface area contributed by atoms with Crippen LogP contribution in [0, 0.1) is 5.82 Å². The van der Waals surface area contributed by atoms with Gasteiger partial charge in [0.25, 0.3) is 15.9 Å². The summed E-state index contributed by atoms with van der Waals surface area (Å²) in [6, 6.07) is 19.7. The summed E-state index contributed by atoms with van der Waals surface area (Å²) in [5.41, 5.74) is 2.82. The van der Waals surface area contributed by atoms with Crippen LogP contribution in [0.15, 0.2) is 77.7 Å². The molecule has 1 N–H and O–H groups in total. The fourth-order valence-electron chi connectivity index (χ4n) is 5.07.